The van der Waals surface area contributed by atoms with Crippen LogP contribution in [0.3, 0.4) is 0 Å². The van der Waals surface area contributed by atoms with E-state index in [1.165, 1.54) is 16.7 Å². The summed E-state index contributed by atoms with van der Waals surface area (Å²) in [4.78, 5) is 0. The maximum absolute atomic E-state index is 9.47. The second kappa shape index (κ2) is 4.83. The van der Waals surface area contributed by atoms with Gasteiger partial charge < -0.3 is 10.4 Å². The van der Waals surface area contributed by atoms with Crippen molar-refractivity contribution in [3.05, 3.63) is 65.2 Å². The minimum absolute atomic E-state index is 0.373. The molecule has 0 aromatic heterocycles. The van der Waals surface area contributed by atoms with Gasteiger partial charge in [0.05, 0.1) is 0 Å². The third-order valence-corrected chi connectivity index (χ3v) is 3.60. The van der Waals surface area contributed by atoms with E-state index in [0.29, 0.717) is 11.8 Å². The number of hydrogen-bond acceptors (Lipinski definition) is 2. The SMILES string of the molecule is Oc1ccc2c(c1)CCC2NCc1ccccc1. The van der Waals surface area contributed by atoms with Crippen molar-refractivity contribution >= 4 is 0 Å². The summed E-state index contributed by atoms with van der Waals surface area (Å²) in [5.41, 5.74) is 3.93. The summed E-state index contributed by atoms with van der Waals surface area (Å²) in [6.07, 6.45) is 2.17. The molecule has 1 aliphatic carbocycles. The molecule has 0 saturated carbocycles. The average Bonchev–Trinajstić information content (AvgIpc) is 2.80. The average molecular weight is 239 g/mol. The van der Waals surface area contributed by atoms with Crippen LogP contribution < -0.4 is 5.32 Å². The van der Waals surface area contributed by atoms with Crippen LogP contribution in [0.5, 0.6) is 5.75 Å². The first kappa shape index (κ1) is 11.3. The van der Waals surface area contributed by atoms with Crippen molar-refractivity contribution in [3.8, 4) is 5.75 Å². The van der Waals surface area contributed by atoms with Gasteiger partial charge in [-0.15, -0.1) is 0 Å². The van der Waals surface area contributed by atoms with Crippen molar-refractivity contribution in [1.29, 1.82) is 0 Å². The number of nitrogens with one attached hydrogen (secondary N) is 1. The Kier molecular flexibility index (Phi) is 3.03. The smallest absolute Gasteiger partial charge is 0.115 e. The molecule has 1 aliphatic rings. The molecule has 0 aliphatic heterocycles. The summed E-state index contributed by atoms with van der Waals surface area (Å²) in [7, 11) is 0. The molecular formula is C16H17NO. The first-order chi connectivity index (χ1) is 8.83. The Hall–Kier alpha value is -1.80. The van der Waals surface area contributed by atoms with Gasteiger partial charge in [-0.25, -0.2) is 0 Å². The lowest BCUT2D eigenvalue weighted by Crippen LogP contribution is -2.18. The predicted molar refractivity (Wildman–Crippen MR) is 72.5 cm³/mol. The number of phenols is 1. The third kappa shape index (κ3) is 2.24. The van der Waals surface area contributed by atoms with E-state index in [0.717, 1.165) is 19.4 Å². The summed E-state index contributed by atoms with van der Waals surface area (Å²) in [6.45, 7) is 0.895. The molecule has 0 radical (unpaired) electrons. The molecule has 1 unspecified atom stereocenters. The van der Waals surface area contributed by atoms with Crippen molar-refractivity contribution in [2.75, 3.05) is 0 Å². The van der Waals surface area contributed by atoms with Crippen molar-refractivity contribution in [2.45, 2.75) is 25.4 Å². The zero-order chi connectivity index (χ0) is 12.4. The van der Waals surface area contributed by atoms with Crippen LogP contribution in [0.25, 0.3) is 0 Å². The summed E-state index contributed by atoms with van der Waals surface area (Å²) in [5, 5.41) is 13.1. The van der Waals surface area contributed by atoms with Crippen molar-refractivity contribution in [1.82, 2.24) is 5.32 Å². The van der Waals surface area contributed by atoms with E-state index in [2.05, 4.69) is 29.6 Å². The fourth-order valence-corrected chi connectivity index (χ4v) is 2.65. The van der Waals surface area contributed by atoms with E-state index < -0.39 is 0 Å². The summed E-state index contributed by atoms with van der Waals surface area (Å²) in [5.74, 6) is 0.373. The molecule has 0 heterocycles. The first-order valence-corrected chi connectivity index (χ1v) is 6.42. The van der Waals surface area contributed by atoms with Crippen molar-refractivity contribution in [3.63, 3.8) is 0 Å². The van der Waals surface area contributed by atoms with Gasteiger partial charge in [0.25, 0.3) is 0 Å². The second-order valence-corrected chi connectivity index (χ2v) is 4.84. The van der Waals surface area contributed by atoms with Gasteiger partial charge in [-0.1, -0.05) is 36.4 Å². The first-order valence-electron chi connectivity index (χ1n) is 6.42. The molecule has 1 atom stereocenters. The second-order valence-electron chi connectivity index (χ2n) is 4.84. The highest BCUT2D eigenvalue weighted by atomic mass is 16.3. The number of rotatable bonds is 3. The highest BCUT2D eigenvalue weighted by Crippen LogP contribution is 2.33. The standard InChI is InChI=1S/C16H17NO/c18-14-7-8-15-13(10-14)6-9-16(15)17-11-12-4-2-1-3-5-12/h1-5,7-8,10,16-18H,6,9,11H2. The van der Waals surface area contributed by atoms with Crippen LogP contribution in [0, 0.1) is 0 Å². The van der Waals surface area contributed by atoms with E-state index in [1.807, 2.05) is 18.2 Å². The van der Waals surface area contributed by atoms with Gasteiger partial charge >= 0.3 is 0 Å². The number of aryl methyl sites for hydroxylation is 1. The monoisotopic (exact) mass is 239 g/mol. The molecule has 2 nitrogen and oxygen atoms in total. The van der Waals surface area contributed by atoms with Crippen LogP contribution in [0.15, 0.2) is 48.5 Å². The highest BCUT2D eigenvalue weighted by molar-refractivity contribution is 5.40. The van der Waals surface area contributed by atoms with Crippen LogP contribution in [0.2, 0.25) is 0 Å². The molecule has 18 heavy (non-hydrogen) atoms. The van der Waals surface area contributed by atoms with Crippen LogP contribution in [0.4, 0.5) is 0 Å². The lowest BCUT2D eigenvalue weighted by molar-refractivity contribution is 0.474. The number of benzene rings is 2. The highest BCUT2D eigenvalue weighted by Gasteiger charge is 2.21. The Morgan fingerprint density at radius 1 is 1.11 bits per heavy atom. The van der Waals surface area contributed by atoms with Crippen LogP contribution in [-0.2, 0) is 13.0 Å². The van der Waals surface area contributed by atoms with Crippen molar-refractivity contribution < 1.29 is 5.11 Å². The number of aromatic hydroxyl groups is 1. The zero-order valence-electron chi connectivity index (χ0n) is 10.3. The molecule has 0 amide bonds. The molecule has 3 rings (SSSR count). The predicted octanol–water partition coefficient (Wildman–Crippen LogP) is 3.17. The molecule has 0 saturated heterocycles. The summed E-state index contributed by atoms with van der Waals surface area (Å²) < 4.78 is 0. The topological polar surface area (TPSA) is 32.3 Å². The van der Waals surface area contributed by atoms with Gasteiger partial charge in [0.2, 0.25) is 0 Å². The minimum Gasteiger partial charge on any atom is -0.508 e. The lowest BCUT2D eigenvalue weighted by atomic mass is 10.1. The van der Waals surface area contributed by atoms with Crippen molar-refractivity contribution in [2.24, 2.45) is 0 Å². The van der Waals surface area contributed by atoms with Crippen LogP contribution in [-0.4, -0.2) is 5.11 Å². The van der Waals surface area contributed by atoms with Gasteiger partial charge in [-0.3, -0.25) is 0 Å². The van der Waals surface area contributed by atoms with Gasteiger partial charge in [-0.2, -0.15) is 0 Å². The van der Waals surface area contributed by atoms with E-state index >= 15 is 0 Å². The maximum Gasteiger partial charge on any atom is 0.115 e. The number of phenolic OH excluding ortho intramolecular Hbond substituents is 1. The molecule has 0 bridgehead atoms. The molecule has 0 spiro atoms. The number of fused-ring (bicyclic) bond motifs is 1. The molecule has 92 valence electrons. The molecule has 2 heteroatoms. The van der Waals surface area contributed by atoms with Crippen LogP contribution in [0.1, 0.15) is 29.2 Å². The van der Waals surface area contributed by atoms with E-state index in [1.54, 1.807) is 6.07 Å². The quantitative estimate of drug-likeness (QED) is 0.862. The zero-order valence-corrected chi connectivity index (χ0v) is 10.3. The molecule has 2 N–H and O–H groups in total. The Morgan fingerprint density at radius 2 is 1.94 bits per heavy atom. The van der Waals surface area contributed by atoms with Crippen LogP contribution >= 0.6 is 0 Å². The normalized spacial score (nSPS) is 17.7. The molecule has 2 aromatic carbocycles. The lowest BCUT2D eigenvalue weighted by Gasteiger charge is -2.14. The molecule has 2 aromatic rings. The summed E-state index contributed by atoms with van der Waals surface area (Å²) >= 11 is 0. The van der Waals surface area contributed by atoms with E-state index in [9.17, 15) is 5.11 Å². The Bertz CT molecular complexity index is 536. The fourth-order valence-electron chi connectivity index (χ4n) is 2.65. The number of hydrogen-bond donors (Lipinski definition) is 2. The molecule has 0 fully saturated rings. The Balaban J connectivity index is 1.70. The van der Waals surface area contributed by atoms with Gasteiger partial charge in [0.15, 0.2) is 0 Å². The van der Waals surface area contributed by atoms with E-state index in [4.69, 9.17) is 0 Å². The van der Waals surface area contributed by atoms with Gasteiger partial charge in [0.1, 0.15) is 5.75 Å². The summed E-state index contributed by atoms with van der Waals surface area (Å²) in [6, 6.07) is 16.6. The Labute approximate surface area is 107 Å². The van der Waals surface area contributed by atoms with Gasteiger partial charge in [0, 0.05) is 12.6 Å². The largest absolute Gasteiger partial charge is 0.508 e. The third-order valence-electron chi connectivity index (χ3n) is 3.60. The Morgan fingerprint density at radius 3 is 2.78 bits per heavy atom. The van der Waals surface area contributed by atoms with E-state index in [-0.39, 0.29) is 0 Å². The van der Waals surface area contributed by atoms with Gasteiger partial charge in [-0.05, 0) is 41.7 Å². The maximum atomic E-state index is 9.47. The fraction of sp³-hybridized carbons (Fsp3) is 0.250. The molecular weight excluding hydrogens is 222 g/mol. The minimum atomic E-state index is 0.373.